The Bertz CT molecular complexity index is 229. The zero-order valence-electron chi connectivity index (χ0n) is 7.74. The van der Waals surface area contributed by atoms with Crippen LogP contribution in [0.15, 0.2) is 4.34 Å². The molecule has 0 unspecified atom stereocenters. The van der Waals surface area contributed by atoms with Crippen LogP contribution in [0.4, 0.5) is 0 Å². The Hall–Kier alpha value is 0.160. The summed E-state index contributed by atoms with van der Waals surface area (Å²) in [4.78, 5) is 0. The molecule has 6 heteroatoms. The molecule has 0 fully saturated rings. The van der Waals surface area contributed by atoms with E-state index in [1.165, 1.54) is 0 Å². The highest BCUT2D eigenvalue weighted by Gasteiger charge is 1.99. The van der Waals surface area contributed by atoms with E-state index in [-0.39, 0.29) is 12.4 Å². The van der Waals surface area contributed by atoms with Crippen molar-refractivity contribution in [2.24, 2.45) is 0 Å². The first-order valence-electron chi connectivity index (χ1n) is 3.96. The molecule has 1 N–H and O–H groups in total. The van der Waals surface area contributed by atoms with E-state index in [1.54, 1.807) is 23.1 Å². The topological polar surface area (TPSA) is 37.8 Å². The van der Waals surface area contributed by atoms with Crippen molar-refractivity contribution in [1.29, 1.82) is 0 Å². The lowest BCUT2D eigenvalue weighted by Gasteiger charge is -1.97. The number of hydrogen-bond donors (Lipinski definition) is 1. The quantitative estimate of drug-likeness (QED) is 0.630. The van der Waals surface area contributed by atoms with E-state index in [2.05, 4.69) is 22.4 Å². The van der Waals surface area contributed by atoms with Crippen LogP contribution in [0.3, 0.4) is 0 Å². The van der Waals surface area contributed by atoms with Crippen LogP contribution in [0.5, 0.6) is 0 Å². The van der Waals surface area contributed by atoms with Crippen LogP contribution in [0.25, 0.3) is 0 Å². The highest BCUT2D eigenvalue weighted by Crippen LogP contribution is 2.20. The Labute approximate surface area is 93.1 Å². The summed E-state index contributed by atoms with van der Waals surface area (Å²) in [7, 11) is 0. The van der Waals surface area contributed by atoms with E-state index in [0.717, 1.165) is 28.2 Å². The molecule has 3 nitrogen and oxygen atoms in total. The molecular formula is C7H14ClN3S2. The highest BCUT2D eigenvalue weighted by atomic mass is 35.5. The molecule has 13 heavy (non-hydrogen) atoms. The van der Waals surface area contributed by atoms with Crippen LogP contribution in [-0.4, -0.2) is 29.0 Å². The third kappa shape index (κ3) is 5.46. The minimum atomic E-state index is 0. The van der Waals surface area contributed by atoms with Crippen molar-refractivity contribution in [3.63, 3.8) is 0 Å². The molecule has 0 saturated heterocycles. The molecule has 0 radical (unpaired) electrons. The van der Waals surface area contributed by atoms with Gasteiger partial charge in [-0.1, -0.05) is 30.0 Å². The number of nitrogens with one attached hydrogen (secondary N) is 1. The van der Waals surface area contributed by atoms with Crippen LogP contribution < -0.4 is 5.32 Å². The molecule has 1 rings (SSSR count). The van der Waals surface area contributed by atoms with Gasteiger partial charge in [0.2, 0.25) is 0 Å². The van der Waals surface area contributed by atoms with Gasteiger partial charge in [-0.2, -0.15) is 0 Å². The summed E-state index contributed by atoms with van der Waals surface area (Å²) in [5.41, 5.74) is 0. The summed E-state index contributed by atoms with van der Waals surface area (Å²) in [6.45, 7) is 6.17. The smallest absolute Gasteiger partial charge is 0.174 e. The second kappa shape index (κ2) is 7.55. The largest absolute Gasteiger partial charge is 0.316 e. The molecule has 0 saturated carbocycles. The van der Waals surface area contributed by atoms with Gasteiger partial charge in [0, 0.05) is 12.3 Å². The van der Waals surface area contributed by atoms with Gasteiger partial charge >= 0.3 is 0 Å². The molecule has 1 aromatic rings. The number of thioether (sulfide) groups is 1. The van der Waals surface area contributed by atoms with E-state index in [0.29, 0.717) is 0 Å². The Balaban J connectivity index is 0.00000144. The van der Waals surface area contributed by atoms with Crippen molar-refractivity contribution in [3.05, 3.63) is 5.01 Å². The first-order valence-corrected chi connectivity index (χ1v) is 5.76. The maximum absolute atomic E-state index is 4.02. The van der Waals surface area contributed by atoms with Crippen molar-refractivity contribution < 1.29 is 0 Å². The summed E-state index contributed by atoms with van der Waals surface area (Å²) in [5.74, 6) is 1.07. The molecule has 0 aliphatic carbocycles. The van der Waals surface area contributed by atoms with Gasteiger partial charge in [0.25, 0.3) is 0 Å². The Kier molecular flexibility index (Phi) is 7.65. The van der Waals surface area contributed by atoms with E-state index in [9.17, 15) is 0 Å². The van der Waals surface area contributed by atoms with Gasteiger partial charge in [-0.3, -0.25) is 0 Å². The SMILES string of the molecule is CCNCCSc1nnc(C)s1.Cl. The van der Waals surface area contributed by atoms with Crippen LogP contribution >= 0.6 is 35.5 Å². The van der Waals surface area contributed by atoms with Crippen LogP contribution in [-0.2, 0) is 0 Å². The first-order chi connectivity index (χ1) is 5.83. The molecule has 0 amide bonds. The fourth-order valence-corrected chi connectivity index (χ4v) is 2.51. The lowest BCUT2D eigenvalue weighted by molar-refractivity contribution is 0.768. The third-order valence-corrected chi connectivity index (χ3v) is 3.24. The Morgan fingerprint density at radius 2 is 2.23 bits per heavy atom. The van der Waals surface area contributed by atoms with Crippen LogP contribution in [0.2, 0.25) is 0 Å². The lowest BCUT2D eigenvalue weighted by atomic mass is 10.7. The van der Waals surface area contributed by atoms with E-state index in [4.69, 9.17) is 0 Å². The zero-order chi connectivity index (χ0) is 8.81. The first kappa shape index (κ1) is 13.2. The second-order valence-electron chi connectivity index (χ2n) is 2.29. The monoisotopic (exact) mass is 239 g/mol. The van der Waals surface area contributed by atoms with E-state index >= 15 is 0 Å². The van der Waals surface area contributed by atoms with Gasteiger partial charge in [0.1, 0.15) is 5.01 Å². The maximum Gasteiger partial charge on any atom is 0.174 e. The molecule has 1 aromatic heterocycles. The normalized spacial score (nSPS) is 9.69. The molecule has 0 atom stereocenters. The lowest BCUT2D eigenvalue weighted by Crippen LogP contribution is -2.15. The molecular weight excluding hydrogens is 226 g/mol. The van der Waals surface area contributed by atoms with Crippen molar-refractivity contribution in [1.82, 2.24) is 15.5 Å². The molecule has 0 bridgehead atoms. The number of aromatic nitrogens is 2. The maximum atomic E-state index is 4.02. The average Bonchev–Trinajstić information content (AvgIpc) is 2.45. The number of halogens is 1. The Morgan fingerprint density at radius 1 is 1.46 bits per heavy atom. The number of rotatable bonds is 5. The van der Waals surface area contributed by atoms with Gasteiger partial charge < -0.3 is 5.32 Å². The van der Waals surface area contributed by atoms with Gasteiger partial charge in [-0.15, -0.1) is 22.6 Å². The molecule has 0 spiro atoms. The number of aryl methyl sites for hydroxylation is 1. The predicted molar refractivity (Wildman–Crippen MR) is 61.2 cm³/mol. The summed E-state index contributed by atoms with van der Waals surface area (Å²) < 4.78 is 1.07. The molecule has 0 aliphatic heterocycles. The fraction of sp³-hybridized carbons (Fsp3) is 0.714. The summed E-state index contributed by atoms with van der Waals surface area (Å²) in [6, 6.07) is 0. The van der Waals surface area contributed by atoms with Crippen LogP contribution in [0.1, 0.15) is 11.9 Å². The molecule has 0 aromatic carbocycles. The van der Waals surface area contributed by atoms with Crippen molar-refractivity contribution >= 4 is 35.5 Å². The van der Waals surface area contributed by atoms with E-state index in [1.807, 2.05) is 6.92 Å². The third-order valence-electron chi connectivity index (χ3n) is 1.26. The minimum absolute atomic E-state index is 0. The summed E-state index contributed by atoms with van der Waals surface area (Å²) in [5, 5.41) is 12.3. The van der Waals surface area contributed by atoms with Gasteiger partial charge in [-0.25, -0.2) is 0 Å². The van der Waals surface area contributed by atoms with Crippen molar-refractivity contribution in [3.8, 4) is 0 Å². The van der Waals surface area contributed by atoms with Crippen molar-refractivity contribution in [2.75, 3.05) is 18.8 Å². The zero-order valence-corrected chi connectivity index (χ0v) is 10.2. The summed E-state index contributed by atoms with van der Waals surface area (Å²) >= 11 is 3.42. The second-order valence-corrected chi connectivity index (χ2v) is 4.81. The molecule has 76 valence electrons. The molecule has 0 aliphatic rings. The van der Waals surface area contributed by atoms with Crippen molar-refractivity contribution in [2.45, 2.75) is 18.2 Å². The van der Waals surface area contributed by atoms with E-state index < -0.39 is 0 Å². The summed E-state index contributed by atoms with van der Waals surface area (Å²) in [6.07, 6.45) is 0. The minimum Gasteiger partial charge on any atom is -0.316 e. The number of hydrogen-bond acceptors (Lipinski definition) is 5. The van der Waals surface area contributed by atoms with Gasteiger partial charge in [0.15, 0.2) is 4.34 Å². The predicted octanol–water partition coefficient (Wildman–Crippen LogP) is 1.97. The van der Waals surface area contributed by atoms with Gasteiger partial charge in [0.05, 0.1) is 0 Å². The molecule has 1 heterocycles. The van der Waals surface area contributed by atoms with Gasteiger partial charge in [-0.05, 0) is 13.5 Å². The standard InChI is InChI=1S/C7H13N3S2.ClH/c1-3-8-4-5-11-7-10-9-6(2)12-7;/h8H,3-5H2,1-2H3;1H. The fourth-order valence-electron chi connectivity index (χ4n) is 0.724. The highest BCUT2D eigenvalue weighted by molar-refractivity contribution is 8.01. The number of nitrogens with zero attached hydrogens (tertiary/aromatic N) is 2. The van der Waals surface area contributed by atoms with Crippen LogP contribution in [0, 0.1) is 6.92 Å². The average molecular weight is 240 g/mol. The Morgan fingerprint density at radius 3 is 2.77 bits per heavy atom.